The lowest BCUT2D eigenvalue weighted by Crippen LogP contribution is -2.45. The van der Waals surface area contributed by atoms with Crippen molar-refractivity contribution in [1.29, 1.82) is 0 Å². The van der Waals surface area contributed by atoms with Crippen molar-refractivity contribution in [2.24, 2.45) is 5.92 Å². The second-order valence-electron chi connectivity index (χ2n) is 6.91. The van der Waals surface area contributed by atoms with Crippen molar-refractivity contribution in [1.82, 2.24) is 10.2 Å². The number of carbonyl (C=O) groups is 2. The first-order valence-electron chi connectivity index (χ1n) is 7.59. The number of hydrogen-bond donors (Lipinski definition) is 1. The molecule has 1 N–H and O–H groups in total. The SMILES string of the molecule is CC(C)(C)OC(=O)[C@H]1CCCN1CC(=O)NCC1CC1. The lowest BCUT2D eigenvalue weighted by Gasteiger charge is -2.26. The van der Waals surface area contributed by atoms with E-state index in [1.54, 1.807) is 0 Å². The van der Waals surface area contributed by atoms with Gasteiger partial charge in [-0.15, -0.1) is 0 Å². The molecule has 0 unspecified atom stereocenters. The minimum atomic E-state index is -0.473. The standard InChI is InChI=1S/C15H26N2O3/c1-15(2,3)20-14(19)12-5-4-8-17(12)10-13(18)16-9-11-6-7-11/h11-12H,4-10H2,1-3H3,(H,16,18)/t12-/m1/s1. The molecule has 0 aromatic carbocycles. The van der Waals surface area contributed by atoms with E-state index < -0.39 is 5.60 Å². The van der Waals surface area contributed by atoms with Crippen LogP contribution < -0.4 is 5.32 Å². The van der Waals surface area contributed by atoms with Crippen molar-refractivity contribution in [3.05, 3.63) is 0 Å². The molecule has 2 fully saturated rings. The maximum absolute atomic E-state index is 12.1. The molecule has 1 saturated heterocycles. The Labute approximate surface area is 121 Å². The van der Waals surface area contributed by atoms with E-state index in [4.69, 9.17) is 4.74 Å². The summed E-state index contributed by atoms with van der Waals surface area (Å²) in [5, 5.41) is 2.95. The highest BCUT2D eigenvalue weighted by Gasteiger charge is 2.35. The van der Waals surface area contributed by atoms with Crippen molar-refractivity contribution >= 4 is 11.9 Å². The van der Waals surface area contributed by atoms with Crippen LogP contribution in [0.4, 0.5) is 0 Å². The predicted octanol–water partition coefficient (Wildman–Crippen LogP) is 1.32. The average Bonchev–Trinajstić information content (AvgIpc) is 3.03. The molecule has 20 heavy (non-hydrogen) atoms. The van der Waals surface area contributed by atoms with Gasteiger partial charge in [-0.3, -0.25) is 14.5 Å². The minimum Gasteiger partial charge on any atom is -0.459 e. The van der Waals surface area contributed by atoms with Crippen molar-refractivity contribution < 1.29 is 14.3 Å². The van der Waals surface area contributed by atoms with Crippen molar-refractivity contribution in [2.45, 2.75) is 58.1 Å². The van der Waals surface area contributed by atoms with E-state index >= 15 is 0 Å². The number of nitrogens with one attached hydrogen (secondary N) is 1. The van der Waals surface area contributed by atoms with Crippen LogP contribution in [-0.2, 0) is 14.3 Å². The second kappa shape index (κ2) is 6.12. The molecule has 0 radical (unpaired) electrons. The Morgan fingerprint density at radius 3 is 2.55 bits per heavy atom. The molecule has 2 aliphatic rings. The lowest BCUT2D eigenvalue weighted by atomic mass is 10.1. The zero-order valence-electron chi connectivity index (χ0n) is 12.8. The Kier molecular flexibility index (Phi) is 4.68. The van der Waals surface area contributed by atoms with Crippen LogP contribution >= 0.6 is 0 Å². The van der Waals surface area contributed by atoms with E-state index in [0.29, 0.717) is 12.5 Å². The van der Waals surface area contributed by atoms with Gasteiger partial charge in [0.15, 0.2) is 0 Å². The summed E-state index contributed by atoms with van der Waals surface area (Å²) in [4.78, 5) is 26.0. The Bertz CT molecular complexity index is 372. The Morgan fingerprint density at radius 1 is 1.25 bits per heavy atom. The fourth-order valence-corrected chi connectivity index (χ4v) is 2.47. The third-order valence-corrected chi connectivity index (χ3v) is 3.67. The van der Waals surface area contributed by atoms with Gasteiger partial charge in [0.05, 0.1) is 6.54 Å². The molecule has 2 rings (SSSR count). The number of ether oxygens (including phenoxy) is 1. The Hall–Kier alpha value is -1.10. The molecule has 0 spiro atoms. The van der Waals surface area contributed by atoms with Crippen LogP contribution in [-0.4, -0.2) is 48.1 Å². The van der Waals surface area contributed by atoms with Crippen LogP contribution in [0.1, 0.15) is 46.5 Å². The largest absolute Gasteiger partial charge is 0.459 e. The molecule has 1 atom stereocenters. The van der Waals surface area contributed by atoms with Crippen LogP contribution in [0.3, 0.4) is 0 Å². The zero-order chi connectivity index (χ0) is 14.8. The van der Waals surface area contributed by atoms with Gasteiger partial charge in [0.25, 0.3) is 0 Å². The first kappa shape index (κ1) is 15.3. The fraction of sp³-hybridized carbons (Fsp3) is 0.867. The molecule has 1 aliphatic carbocycles. The van der Waals surface area contributed by atoms with Crippen LogP contribution in [0.5, 0.6) is 0 Å². The summed E-state index contributed by atoms with van der Waals surface area (Å²) in [6, 6.07) is -0.263. The van der Waals surface area contributed by atoms with Gasteiger partial charge in [0.1, 0.15) is 11.6 Å². The van der Waals surface area contributed by atoms with E-state index in [9.17, 15) is 9.59 Å². The summed E-state index contributed by atoms with van der Waals surface area (Å²) < 4.78 is 5.43. The number of nitrogens with zero attached hydrogens (tertiary/aromatic N) is 1. The van der Waals surface area contributed by atoms with E-state index in [-0.39, 0.29) is 17.9 Å². The van der Waals surface area contributed by atoms with Gasteiger partial charge in [0.2, 0.25) is 5.91 Å². The number of amides is 1. The van der Waals surface area contributed by atoms with Crippen LogP contribution in [0.2, 0.25) is 0 Å². The average molecular weight is 282 g/mol. The van der Waals surface area contributed by atoms with Gasteiger partial charge in [-0.25, -0.2) is 0 Å². The summed E-state index contributed by atoms with van der Waals surface area (Å²) in [6.45, 7) is 7.48. The number of hydrogen-bond acceptors (Lipinski definition) is 4. The molecule has 114 valence electrons. The predicted molar refractivity (Wildman–Crippen MR) is 76.2 cm³/mol. The smallest absolute Gasteiger partial charge is 0.323 e. The number of carbonyl (C=O) groups excluding carboxylic acids is 2. The highest BCUT2D eigenvalue weighted by molar-refractivity contribution is 5.81. The van der Waals surface area contributed by atoms with Gasteiger partial charge in [-0.2, -0.15) is 0 Å². The third-order valence-electron chi connectivity index (χ3n) is 3.67. The molecule has 1 aliphatic heterocycles. The molecular weight excluding hydrogens is 256 g/mol. The lowest BCUT2D eigenvalue weighted by molar-refractivity contribution is -0.160. The summed E-state index contributed by atoms with van der Waals surface area (Å²) in [5.74, 6) is 0.497. The molecular formula is C15H26N2O3. The van der Waals surface area contributed by atoms with Gasteiger partial charge in [-0.1, -0.05) is 0 Å². The van der Waals surface area contributed by atoms with Gasteiger partial charge < -0.3 is 10.1 Å². The van der Waals surface area contributed by atoms with Crippen molar-refractivity contribution in [2.75, 3.05) is 19.6 Å². The molecule has 1 amide bonds. The van der Waals surface area contributed by atoms with Gasteiger partial charge in [-0.05, 0) is 58.9 Å². The number of likely N-dealkylation sites (tertiary alicyclic amines) is 1. The summed E-state index contributed by atoms with van der Waals surface area (Å²) in [5.41, 5.74) is -0.473. The summed E-state index contributed by atoms with van der Waals surface area (Å²) >= 11 is 0. The maximum atomic E-state index is 12.1. The van der Waals surface area contributed by atoms with E-state index in [2.05, 4.69) is 5.32 Å². The highest BCUT2D eigenvalue weighted by Crippen LogP contribution is 2.27. The molecule has 0 aromatic heterocycles. The molecule has 1 heterocycles. The zero-order valence-corrected chi connectivity index (χ0v) is 12.8. The monoisotopic (exact) mass is 282 g/mol. The number of esters is 1. The first-order valence-corrected chi connectivity index (χ1v) is 7.59. The molecule has 0 bridgehead atoms. The fourth-order valence-electron chi connectivity index (χ4n) is 2.47. The van der Waals surface area contributed by atoms with E-state index in [1.807, 2.05) is 25.7 Å². The van der Waals surface area contributed by atoms with Gasteiger partial charge in [0, 0.05) is 6.54 Å². The third kappa shape index (κ3) is 4.78. The van der Waals surface area contributed by atoms with Crippen LogP contribution in [0, 0.1) is 5.92 Å². The topological polar surface area (TPSA) is 58.6 Å². The first-order chi connectivity index (χ1) is 9.35. The van der Waals surface area contributed by atoms with Crippen molar-refractivity contribution in [3.8, 4) is 0 Å². The second-order valence-corrected chi connectivity index (χ2v) is 6.91. The van der Waals surface area contributed by atoms with E-state index in [1.165, 1.54) is 12.8 Å². The Morgan fingerprint density at radius 2 is 1.95 bits per heavy atom. The maximum Gasteiger partial charge on any atom is 0.323 e. The van der Waals surface area contributed by atoms with Gasteiger partial charge >= 0.3 is 5.97 Å². The summed E-state index contributed by atoms with van der Waals surface area (Å²) in [6.07, 6.45) is 4.18. The molecule has 1 saturated carbocycles. The summed E-state index contributed by atoms with van der Waals surface area (Å²) in [7, 11) is 0. The Balaban J connectivity index is 1.79. The van der Waals surface area contributed by atoms with E-state index in [0.717, 1.165) is 25.9 Å². The van der Waals surface area contributed by atoms with Crippen LogP contribution in [0.25, 0.3) is 0 Å². The molecule has 5 nitrogen and oxygen atoms in total. The van der Waals surface area contributed by atoms with Crippen molar-refractivity contribution in [3.63, 3.8) is 0 Å². The molecule has 5 heteroatoms. The number of rotatable bonds is 5. The van der Waals surface area contributed by atoms with Crippen LogP contribution in [0.15, 0.2) is 0 Å². The minimum absolute atomic E-state index is 0.0207. The normalized spacial score (nSPS) is 23.6. The molecule has 0 aromatic rings. The highest BCUT2D eigenvalue weighted by atomic mass is 16.6. The quantitative estimate of drug-likeness (QED) is 0.773.